The number of carbonyl (C=O) groups is 1. The molecule has 0 spiro atoms. The number of piperidine rings is 1. The number of amides is 1. The molecule has 0 unspecified atom stereocenters. The Morgan fingerprint density at radius 3 is 2.55 bits per heavy atom. The van der Waals surface area contributed by atoms with Crippen LogP contribution in [-0.2, 0) is 9.53 Å². The van der Waals surface area contributed by atoms with Crippen molar-refractivity contribution in [3.8, 4) is 0 Å². The molecule has 20 heavy (non-hydrogen) atoms. The van der Waals surface area contributed by atoms with Gasteiger partial charge in [-0.05, 0) is 38.5 Å². The number of likely N-dealkylation sites (tertiary alicyclic amines) is 1. The summed E-state index contributed by atoms with van der Waals surface area (Å²) in [5.41, 5.74) is 1.14. The molecule has 1 atom stereocenters. The molecular weight excluding hydrogens is 252 g/mol. The Balaban J connectivity index is 2.15. The molecule has 1 aromatic carbocycles. The first kappa shape index (κ1) is 15.0. The van der Waals surface area contributed by atoms with Crippen LogP contribution in [0, 0.1) is 0 Å². The van der Waals surface area contributed by atoms with Gasteiger partial charge >= 0.3 is 0 Å². The third-order valence-electron chi connectivity index (χ3n) is 4.10. The lowest BCUT2D eigenvalue weighted by atomic mass is 9.99. The number of methoxy groups -OCH3 is 1. The largest absolute Gasteiger partial charge is 0.382 e. The van der Waals surface area contributed by atoms with Gasteiger partial charge in [0.1, 0.15) is 0 Å². The monoisotopic (exact) mass is 276 g/mol. The van der Waals surface area contributed by atoms with E-state index in [-0.39, 0.29) is 6.04 Å². The SMILES string of the molecule is COC[C@@H](c1ccccc1)N(C=O)C1CCN(C)CC1. The van der Waals surface area contributed by atoms with Gasteiger partial charge in [-0.2, -0.15) is 0 Å². The van der Waals surface area contributed by atoms with Crippen LogP contribution < -0.4 is 0 Å². The minimum atomic E-state index is 0.00658. The standard InChI is InChI=1S/C16H24N2O2/c1-17-10-8-15(9-11-17)18(13-19)16(12-20-2)14-6-4-3-5-7-14/h3-7,13,15-16H,8-12H2,1-2H3/t16-/m0/s1. The molecule has 1 aromatic rings. The van der Waals surface area contributed by atoms with E-state index in [1.165, 1.54) is 0 Å². The number of rotatable bonds is 6. The van der Waals surface area contributed by atoms with Gasteiger partial charge in [0, 0.05) is 13.2 Å². The third-order valence-corrected chi connectivity index (χ3v) is 4.10. The molecule has 0 radical (unpaired) electrons. The van der Waals surface area contributed by atoms with Crippen LogP contribution in [0.5, 0.6) is 0 Å². The number of ether oxygens (including phenoxy) is 1. The summed E-state index contributed by atoms with van der Waals surface area (Å²) in [5, 5.41) is 0. The summed E-state index contributed by atoms with van der Waals surface area (Å²) in [6, 6.07) is 10.5. The van der Waals surface area contributed by atoms with Crippen molar-refractivity contribution >= 4 is 6.41 Å². The number of hydrogen-bond acceptors (Lipinski definition) is 3. The molecule has 4 heteroatoms. The fourth-order valence-corrected chi connectivity index (χ4v) is 2.89. The van der Waals surface area contributed by atoms with E-state index in [2.05, 4.69) is 24.1 Å². The Kier molecular flexibility index (Phi) is 5.56. The van der Waals surface area contributed by atoms with E-state index >= 15 is 0 Å². The number of nitrogens with zero attached hydrogens (tertiary/aromatic N) is 2. The average molecular weight is 276 g/mol. The first-order chi connectivity index (χ1) is 9.76. The normalized spacial score (nSPS) is 18.7. The molecule has 0 aliphatic carbocycles. The Labute approximate surface area is 121 Å². The first-order valence-corrected chi connectivity index (χ1v) is 7.21. The molecule has 1 fully saturated rings. The minimum absolute atomic E-state index is 0.00658. The van der Waals surface area contributed by atoms with Gasteiger partial charge in [-0.1, -0.05) is 30.3 Å². The van der Waals surface area contributed by atoms with E-state index in [0.717, 1.165) is 37.9 Å². The molecule has 2 rings (SSSR count). The van der Waals surface area contributed by atoms with E-state index in [0.29, 0.717) is 12.6 Å². The van der Waals surface area contributed by atoms with Gasteiger partial charge in [0.25, 0.3) is 0 Å². The van der Waals surface area contributed by atoms with Gasteiger partial charge < -0.3 is 14.5 Å². The van der Waals surface area contributed by atoms with E-state index in [9.17, 15) is 4.79 Å². The maximum Gasteiger partial charge on any atom is 0.210 e. The predicted molar refractivity (Wildman–Crippen MR) is 79.5 cm³/mol. The van der Waals surface area contributed by atoms with Gasteiger partial charge in [0.2, 0.25) is 6.41 Å². The summed E-state index contributed by atoms with van der Waals surface area (Å²) in [7, 11) is 3.82. The number of benzene rings is 1. The molecular formula is C16H24N2O2. The molecule has 110 valence electrons. The second kappa shape index (κ2) is 7.41. The van der Waals surface area contributed by atoms with Crippen LogP contribution in [-0.4, -0.2) is 56.1 Å². The summed E-state index contributed by atoms with van der Waals surface area (Å²) in [4.78, 5) is 15.9. The van der Waals surface area contributed by atoms with Crippen LogP contribution in [0.2, 0.25) is 0 Å². The molecule has 1 aliphatic heterocycles. The zero-order chi connectivity index (χ0) is 14.4. The van der Waals surface area contributed by atoms with Crippen LogP contribution in [0.3, 0.4) is 0 Å². The van der Waals surface area contributed by atoms with Gasteiger partial charge in [-0.3, -0.25) is 4.79 Å². The van der Waals surface area contributed by atoms with E-state index in [4.69, 9.17) is 4.74 Å². The molecule has 0 aromatic heterocycles. The fourth-order valence-electron chi connectivity index (χ4n) is 2.89. The van der Waals surface area contributed by atoms with Crippen molar-refractivity contribution in [3.05, 3.63) is 35.9 Å². The summed E-state index contributed by atoms with van der Waals surface area (Å²) < 4.78 is 5.34. The average Bonchev–Trinajstić information content (AvgIpc) is 2.50. The molecule has 0 bridgehead atoms. The second-order valence-corrected chi connectivity index (χ2v) is 5.47. The second-order valence-electron chi connectivity index (χ2n) is 5.47. The van der Waals surface area contributed by atoms with Crippen molar-refractivity contribution < 1.29 is 9.53 Å². The number of hydrogen-bond donors (Lipinski definition) is 0. The summed E-state index contributed by atoms with van der Waals surface area (Å²) in [6.45, 7) is 2.63. The van der Waals surface area contributed by atoms with Crippen molar-refractivity contribution in [3.63, 3.8) is 0 Å². The predicted octanol–water partition coefficient (Wildman–Crippen LogP) is 1.93. The lowest BCUT2D eigenvalue weighted by molar-refractivity contribution is -0.125. The molecule has 1 aliphatic rings. The summed E-state index contributed by atoms with van der Waals surface area (Å²) >= 11 is 0. The van der Waals surface area contributed by atoms with Crippen LogP contribution >= 0.6 is 0 Å². The first-order valence-electron chi connectivity index (χ1n) is 7.21. The van der Waals surface area contributed by atoms with Crippen molar-refractivity contribution in [2.24, 2.45) is 0 Å². The Bertz CT molecular complexity index is 402. The molecule has 1 heterocycles. The van der Waals surface area contributed by atoms with E-state index in [1.807, 2.05) is 23.1 Å². The zero-order valence-electron chi connectivity index (χ0n) is 12.4. The highest BCUT2D eigenvalue weighted by atomic mass is 16.5. The van der Waals surface area contributed by atoms with Gasteiger partial charge in [0.15, 0.2) is 0 Å². The highest BCUT2D eigenvalue weighted by molar-refractivity contribution is 5.49. The van der Waals surface area contributed by atoms with Crippen molar-refractivity contribution in [2.45, 2.75) is 24.9 Å². The molecule has 0 N–H and O–H groups in total. The molecule has 4 nitrogen and oxygen atoms in total. The maximum absolute atomic E-state index is 11.6. The van der Waals surface area contributed by atoms with Gasteiger partial charge in [0.05, 0.1) is 12.6 Å². The van der Waals surface area contributed by atoms with Crippen molar-refractivity contribution in [1.29, 1.82) is 0 Å². The Hall–Kier alpha value is -1.39. The van der Waals surface area contributed by atoms with Gasteiger partial charge in [-0.25, -0.2) is 0 Å². The van der Waals surface area contributed by atoms with Crippen molar-refractivity contribution in [1.82, 2.24) is 9.80 Å². The highest BCUT2D eigenvalue weighted by Gasteiger charge is 2.28. The smallest absolute Gasteiger partial charge is 0.210 e. The maximum atomic E-state index is 11.6. The molecule has 1 amide bonds. The van der Waals surface area contributed by atoms with Crippen LogP contribution in [0.25, 0.3) is 0 Å². The minimum Gasteiger partial charge on any atom is -0.382 e. The Morgan fingerprint density at radius 1 is 1.35 bits per heavy atom. The van der Waals surface area contributed by atoms with E-state index in [1.54, 1.807) is 7.11 Å². The third kappa shape index (κ3) is 3.58. The molecule has 0 saturated carbocycles. The van der Waals surface area contributed by atoms with Gasteiger partial charge in [-0.15, -0.1) is 0 Å². The summed E-state index contributed by atoms with van der Waals surface area (Å²) in [6.07, 6.45) is 3.05. The lowest BCUT2D eigenvalue weighted by Gasteiger charge is -2.39. The fraction of sp³-hybridized carbons (Fsp3) is 0.562. The van der Waals surface area contributed by atoms with Crippen LogP contribution in [0.15, 0.2) is 30.3 Å². The lowest BCUT2D eigenvalue weighted by Crippen LogP contribution is -2.45. The molecule has 1 saturated heterocycles. The quantitative estimate of drug-likeness (QED) is 0.744. The topological polar surface area (TPSA) is 32.8 Å². The number of carbonyl (C=O) groups excluding carboxylic acids is 1. The van der Waals surface area contributed by atoms with Crippen LogP contribution in [0.1, 0.15) is 24.4 Å². The summed E-state index contributed by atoms with van der Waals surface area (Å²) in [5.74, 6) is 0. The zero-order valence-corrected chi connectivity index (χ0v) is 12.4. The Morgan fingerprint density at radius 2 is 2.00 bits per heavy atom. The van der Waals surface area contributed by atoms with Crippen LogP contribution in [0.4, 0.5) is 0 Å². The highest BCUT2D eigenvalue weighted by Crippen LogP contribution is 2.26. The van der Waals surface area contributed by atoms with Crippen molar-refractivity contribution in [2.75, 3.05) is 33.9 Å². The van der Waals surface area contributed by atoms with E-state index < -0.39 is 0 Å².